The predicted octanol–water partition coefficient (Wildman–Crippen LogP) is 3.92. The average Bonchev–Trinajstić information content (AvgIpc) is 3.45. The maximum absolute atomic E-state index is 14.1. The molecule has 0 radical (unpaired) electrons. The van der Waals surface area contributed by atoms with Crippen LogP contribution >= 0.6 is 11.3 Å². The van der Waals surface area contributed by atoms with E-state index in [1.54, 1.807) is 63.4 Å². The Morgan fingerprint density at radius 1 is 1.07 bits per heavy atom. The van der Waals surface area contributed by atoms with Gasteiger partial charge in [0.05, 0.1) is 42.2 Å². The van der Waals surface area contributed by atoms with Gasteiger partial charge in [0.2, 0.25) is 0 Å². The number of methoxy groups -OCH3 is 2. The molecule has 10 nitrogen and oxygen atoms in total. The van der Waals surface area contributed by atoms with Crippen molar-refractivity contribution < 1.29 is 28.9 Å². The SMILES string of the molecule is CCOC(=O)C1=C(C)N=c2s/c(=C\c3cc(C)n(-c4cccc(C(=O)O)c4)c3C)c(=O)n2[C@@H]1c1ccc(OC)cc1OC. The smallest absolute Gasteiger partial charge is 0.338 e. The highest BCUT2D eigenvalue weighted by Crippen LogP contribution is 2.37. The Labute approximate surface area is 251 Å². The molecular weight excluding hydrogens is 570 g/mol. The number of fused-ring (bicyclic) bond motifs is 1. The second-order valence-electron chi connectivity index (χ2n) is 9.93. The number of esters is 1. The fraction of sp³-hybridized carbons (Fsp3) is 0.250. The van der Waals surface area contributed by atoms with Gasteiger partial charge in [0.25, 0.3) is 5.56 Å². The van der Waals surface area contributed by atoms with Crippen LogP contribution in [0.25, 0.3) is 11.8 Å². The molecular formula is C32H31N3O7S. The fourth-order valence-corrected chi connectivity index (χ4v) is 6.42. The molecule has 1 aliphatic rings. The zero-order valence-corrected chi connectivity index (χ0v) is 25.4. The van der Waals surface area contributed by atoms with E-state index >= 15 is 0 Å². The standard InChI is InChI=1S/C32H31N3O7S/c1-7-42-31(39)27-18(3)33-32-35(28(27)24-12-11-23(40-5)16-25(24)41-6)29(36)26(43-32)15-21-13-17(2)34(19(21)4)22-10-8-9-20(14-22)30(37)38/h8-16,28H,7H2,1-6H3,(H,37,38)/b26-15-/t28-/m1/s1. The number of aromatic carboxylic acids is 1. The van der Waals surface area contributed by atoms with E-state index in [1.807, 2.05) is 30.5 Å². The Morgan fingerprint density at radius 3 is 2.51 bits per heavy atom. The molecule has 0 spiro atoms. The number of hydrogen-bond donors (Lipinski definition) is 1. The van der Waals surface area contributed by atoms with Crippen LogP contribution < -0.4 is 24.4 Å². The number of rotatable bonds is 8. The van der Waals surface area contributed by atoms with Gasteiger partial charge < -0.3 is 23.9 Å². The van der Waals surface area contributed by atoms with Crippen LogP contribution in [0.2, 0.25) is 0 Å². The molecule has 0 saturated carbocycles. The lowest BCUT2D eigenvalue weighted by Gasteiger charge is -2.26. The summed E-state index contributed by atoms with van der Waals surface area (Å²) >= 11 is 1.22. The Kier molecular flexibility index (Phi) is 8.10. The number of thiazole rings is 1. The molecule has 11 heteroatoms. The molecule has 2 aromatic heterocycles. The predicted molar refractivity (Wildman–Crippen MR) is 162 cm³/mol. The van der Waals surface area contributed by atoms with Crippen LogP contribution in [0.4, 0.5) is 0 Å². The van der Waals surface area contributed by atoms with Crippen molar-refractivity contribution in [3.8, 4) is 17.2 Å². The van der Waals surface area contributed by atoms with Crippen LogP contribution in [0, 0.1) is 13.8 Å². The summed E-state index contributed by atoms with van der Waals surface area (Å²) in [4.78, 5) is 44.0. The average molecular weight is 602 g/mol. The highest BCUT2D eigenvalue weighted by molar-refractivity contribution is 7.07. The van der Waals surface area contributed by atoms with Crippen molar-refractivity contribution >= 4 is 29.4 Å². The third-order valence-corrected chi connectivity index (χ3v) is 8.34. The number of hydrogen-bond acceptors (Lipinski definition) is 8. The van der Waals surface area contributed by atoms with E-state index in [-0.39, 0.29) is 23.3 Å². The van der Waals surface area contributed by atoms with Gasteiger partial charge in [-0.25, -0.2) is 14.6 Å². The molecule has 0 aliphatic carbocycles. The maximum Gasteiger partial charge on any atom is 0.338 e. The summed E-state index contributed by atoms with van der Waals surface area (Å²) in [7, 11) is 3.07. The van der Waals surface area contributed by atoms with E-state index in [2.05, 4.69) is 4.99 Å². The van der Waals surface area contributed by atoms with Gasteiger partial charge in [0.1, 0.15) is 17.5 Å². The third-order valence-electron chi connectivity index (χ3n) is 7.36. The third kappa shape index (κ3) is 5.27. The van der Waals surface area contributed by atoms with Crippen LogP contribution in [0.15, 0.2) is 69.6 Å². The van der Waals surface area contributed by atoms with Crippen LogP contribution in [-0.2, 0) is 9.53 Å². The number of aryl methyl sites for hydroxylation is 1. The summed E-state index contributed by atoms with van der Waals surface area (Å²) in [5.74, 6) is -0.558. The minimum Gasteiger partial charge on any atom is -0.497 e. The van der Waals surface area contributed by atoms with Crippen molar-refractivity contribution in [3.05, 3.63) is 108 Å². The van der Waals surface area contributed by atoms with Gasteiger partial charge in [-0.1, -0.05) is 17.4 Å². The van der Waals surface area contributed by atoms with Crippen molar-refractivity contribution in [1.29, 1.82) is 0 Å². The Bertz CT molecular complexity index is 1980. The monoisotopic (exact) mass is 601 g/mol. The number of allylic oxidation sites excluding steroid dienone is 1. The summed E-state index contributed by atoms with van der Waals surface area (Å²) in [5.41, 5.74) is 4.36. The maximum atomic E-state index is 14.1. The highest BCUT2D eigenvalue weighted by Gasteiger charge is 2.35. The zero-order valence-electron chi connectivity index (χ0n) is 24.6. The van der Waals surface area contributed by atoms with E-state index in [0.29, 0.717) is 37.8 Å². The number of nitrogens with zero attached hydrogens (tertiary/aromatic N) is 3. The molecule has 0 unspecified atom stereocenters. The highest BCUT2D eigenvalue weighted by atomic mass is 32.1. The molecule has 0 saturated heterocycles. The van der Waals surface area contributed by atoms with Crippen molar-refractivity contribution in [1.82, 2.24) is 9.13 Å². The van der Waals surface area contributed by atoms with E-state index in [0.717, 1.165) is 17.0 Å². The molecule has 1 aliphatic heterocycles. The molecule has 1 N–H and O–H groups in total. The minimum atomic E-state index is -1.01. The van der Waals surface area contributed by atoms with Crippen molar-refractivity contribution in [2.75, 3.05) is 20.8 Å². The number of carbonyl (C=O) groups is 2. The van der Waals surface area contributed by atoms with Gasteiger partial charge in [-0.15, -0.1) is 0 Å². The summed E-state index contributed by atoms with van der Waals surface area (Å²) in [6.07, 6.45) is 1.80. The largest absolute Gasteiger partial charge is 0.497 e. The van der Waals surface area contributed by atoms with Gasteiger partial charge in [0.15, 0.2) is 4.80 Å². The summed E-state index contributed by atoms with van der Waals surface area (Å²) in [6, 6.07) is 13.0. The molecule has 222 valence electrons. The molecule has 43 heavy (non-hydrogen) atoms. The molecule has 3 heterocycles. The minimum absolute atomic E-state index is 0.164. The van der Waals surface area contributed by atoms with Crippen LogP contribution in [-0.4, -0.2) is 47.0 Å². The fourth-order valence-electron chi connectivity index (χ4n) is 5.38. The van der Waals surface area contributed by atoms with E-state index in [9.17, 15) is 19.5 Å². The van der Waals surface area contributed by atoms with Gasteiger partial charge in [0, 0.05) is 28.7 Å². The Morgan fingerprint density at radius 2 is 1.84 bits per heavy atom. The normalized spacial score (nSPS) is 14.7. The summed E-state index contributed by atoms with van der Waals surface area (Å²) in [5, 5.41) is 9.46. The van der Waals surface area contributed by atoms with Gasteiger partial charge >= 0.3 is 11.9 Å². The first-order valence-electron chi connectivity index (χ1n) is 13.5. The summed E-state index contributed by atoms with van der Waals surface area (Å²) in [6.45, 7) is 7.45. The molecule has 2 aromatic carbocycles. The first-order chi connectivity index (χ1) is 20.6. The molecule has 4 aromatic rings. The molecule has 5 rings (SSSR count). The van der Waals surface area contributed by atoms with Crippen molar-refractivity contribution in [2.24, 2.45) is 4.99 Å². The van der Waals surface area contributed by atoms with E-state index < -0.39 is 18.0 Å². The van der Waals surface area contributed by atoms with E-state index in [4.69, 9.17) is 14.2 Å². The van der Waals surface area contributed by atoms with Gasteiger partial charge in [-0.05, 0) is 75.7 Å². The summed E-state index contributed by atoms with van der Waals surface area (Å²) < 4.78 is 20.3. The lowest BCUT2D eigenvalue weighted by atomic mass is 9.95. The molecule has 0 fully saturated rings. The number of ether oxygens (including phenoxy) is 3. The molecule has 0 amide bonds. The number of carboxylic acids is 1. The second kappa shape index (κ2) is 11.8. The quantitative estimate of drug-likeness (QED) is 0.304. The van der Waals surface area contributed by atoms with Crippen LogP contribution in [0.1, 0.15) is 52.8 Å². The Balaban J connectivity index is 1.71. The van der Waals surface area contributed by atoms with Crippen molar-refractivity contribution in [3.63, 3.8) is 0 Å². The molecule has 0 bridgehead atoms. The Hall–Kier alpha value is -4.90. The second-order valence-corrected chi connectivity index (χ2v) is 10.9. The van der Waals surface area contributed by atoms with Crippen molar-refractivity contribution in [2.45, 2.75) is 33.7 Å². The van der Waals surface area contributed by atoms with E-state index in [1.165, 1.54) is 23.0 Å². The first-order valence-corrected chi connectivity index (χ1v) is 14.4. The lowest BCUT2D eigenvalue weighted by Crippen LogP contribution is -2.40. The van der Waals surface area contributed by atoms with Crippen LogP contribution in [0.5, 0.6) is 11.5 Å². The topological polar surface area (TPSA) is 121 Å². The number of benzene rings is 2. The first kappa shape index (κ1) is 29.6. The number of carboxylic acid groups (broad SMARTS) is 1. The number of aromatic nitrogens is 2. The number of carbonyl (C=O) groups excluding carboxylic acids is 1. The molecule has 1 atom stereocenters. The van der Waals surface area contributed by atoms with Gasteiger partial charge in [-0.3, -0.25) is 9.36 Å². The lowest BCUT2D eigenvalue weighted by molar-refractivity contribution is -0.139. The van der Waals surface area contributed by atoms with Gasteiger partial charge in [-0.2, -0.15) is 0 Å². The van der Waals surface area contributed by atoms with Crippen LogP contribution in [0.3, 0.4) is 0 Å². The zero-order chi connectivity index (χ0) is 31.0.